The van der Waals surface area contributed by atoms with Gasteiger partial charge in [0.25, 0.3) is 5.91 Å². The molecule has 5 rings (SSSR count). The van der Waals surface area contributed by atoms with Gasteiger partial charge in [-0.05, 0) is 79.4 Å². The molecule has 2 aliphatic rings. The predicted octanol–water partition coefficient (Wildman–Crippen LogP) is 7.07. The number of aromatic carboxylic acids is 1. The summed E-state index contributed by atoms with van der Waals surface area (Å²) in [7, 11) is 0. The molecule has 2 saturated heterocycles. The molecule has 3 aromatic rings. The number of thioether (sulfide) groups is 1. The second-order valence-corrected chi connectivity index (χ2v) is 13.0. The summed E-state index contributed by atoms with van der Waals surface area (Å²) in [6.45, 7) is 4.97. The van der Waals surface area contributed by atoms with Gasteiger partial charge in [0.2, 0.25) is 0 Å². The van der Waals surface area contributed by atoms with E-state index in [0.717, 1.165) is 55.7 Å². The number of thiocarbonyl (C=S) groups is 1. The van der Waals surface area contributed by atoms with Crippen LogP contribution < -0.4 is 5.32 Å². The number of ether oxygens (including phenoxy) is 1. The van der Waals surface area contributed by atoms with Crippen molar-refractivity contribution in [3.8, 4) is 11.3 Å². The zero-order chi connectivity index (χ0) is 31.1. The average Bonchev–Trinajstić information content (AvgIpc) is 3.27. The van der Waals surface area contributed by atoms with Crippen LogP contribution in [-0.2, 0) is 16.1 Å². The molecule has 1 amide bonds. The second-order valence-electron chi connectivity index (χ2n) is 10.5. The quantitative estimate of drug-likeness (QED) is 0.119. The molecule has 44 heavy (non-hydrogen) atoms. The van der Waals surface area contributed by atoms with Crippen molar-refractivity contribution in [2.75, 3.05) is 44.7 Å². The second kappa shape index (κ2) is 15.3. The fraction of sp³-hybridized carbons (Fsp3) is 0.312. The van der Waals surface area contributed by atoms with E-state index in [-0.39, 0.29) is 11.5 Å². The minimum atomic E-state index is -0.932. The van der Waals surface area contributed by atoms with Crippen LogP contribution in [-0.4, -0.2) is 75.5 Å². The van der Waals surface area contributed by atoms with E-state index in [2.05, 4.69) is 15.2 Å². The summed E-state index contributed by atoms with van der Waals surface area (Å²) in [5.41, 5.74) is 4.29. The minimum Gasteiger partial charge on any atom is -0.478 e. The molecule has 0 spiro atoms. The molecule has 0 saturated carbocycles. The number of carboxylic acids is 1. The lowest BCUT2D eigenvalue weighted by molar-refractivity contribution is -0.122. The first-order chi connectivity index (χ1) is 21.3. The molecular formula is C32H32Cl2N4O4S2. The largest absolute Gasteiger partial charge is 0.478 e. The number of morpholine rings is 1. The van der Waals surface area contributed by atoms with Gasteiger partial charge in [-0.3, -0.25) is 14.6 Å². The number of anilines is 1. The van der Waals surface area contributed by atoms with Crippen molar-refractivity contribution in [2.45, 2.75) is 25.8 Å². The van der Waals surface area contributed by atoms with E-state index in [1.807, 2.05) is 30.3 Å². The first-order valence-corrected chi connectivity index (χ1v) is 16.3. The number of hydrogen-bond acceptors (Lipinski definition) is 8. The molecule has 0 radical (unpaired) electrons. The van der Waals surface area contributed by atoms with Crippen molar-refractivity contribution >= 4 is 75.1 Å². The molecule has 12 heteroatoms. The Morgan fingerprint density at radius 1 is 1.09 bits per heavy atom. The summed E-state index contributed by atoms with van der Waals surface area (Å²) in [5, 5.41) is 14.0. The fourth-order valence-electron chi connectivity index (χ4n) is 5.03. The number of halogens is 2. The van der Waals surface area contributed by atoms with Crippen molar-refractivity contribution in [3.05, 3.63) is 86.4 Å². The molecule has 0 bridgehead atoms. The molecule has 0 aliphatic carbocycles. The molecule has 230 valence electrons. The normalized spacial score (nSPS) is 16.6. The number of unbranched alkanes of at least 4 members (excludes halogenated alkanes) is 2. The highest BCUT2D eigenvalue weighted by atomic mass is 35.5. The van der Waals surface area contributed by atoms with E-state index in [9.17, 15) is 14.7 Å². The van der Waals surface area contributed by atoms with E-state index in [1.165, 1.54) is 11.8 Å². The van der Waals surface area contributed by atoms with Crippen LogP contribution in [0.3, 0.4) is 0 Å². The van der Waals surface area contributed by atoms with Gasteiger partial charge in [0, 0.05) is 49.0 Å². The number of pyridine rings is 1. The third-order valence-electron chi connectivity index (χ3n) is 7.35. The van der Waals surface area contributed by atoms with Crippen molar-refractivity contribution in [2.24, 2.45) is 0 Å². The molecular weight excluding hydrogens is 639 g/mol. The highest BCUT2D eigenvalue weighted by Gasteiger charge is 2.31. The zero-order valence-electron chi connectivity index (χ0n) is 23.9. The summed E-state index contributed by atoms with van der Waals surface area (Å²) in [5.74, 6) is -1.04. The molecule has 0 unspecified atom stereocenters. The van der Waals surface area contributed by atoms with Gasteiger partial charge in [-0.25, -0.2) is 9.78 Å². The standard InChI is InChI=1S/C32H32Cl2N4O4S2/c33-23-8-9-25(26(34)18-23)28-6-4-5-24(36-28)19-29-30(39)38(32(43)44-29)12-3-1-2-11-35-27-10-7-21(31(40)41)17-22(27)20-37-13-15-42-16-14-37/h4-10,17-19,35H,1-3,11-16,20H2,(H,40,41). The number of rotatable bonds is 12. The van der Waals surface area contributed by atoms with E-state index in [1.54, 1.807) is 35.2 Å². The van der Waals surface area contributed by atoms with Crippen LogP contribution in [0.4, 0.5) is 5.69 Å². The maximum Gasteiger partial charge on any atom is 0.335 e. The Morgan fingerprint density at radius 3 is 2.68 bits per heavy atom. The van der Waals surface area contributed by atoms with Gasteiger partial charge in [0.1, 0.15) is 4.32 Å². The van der Waals surface area contributed by atoms with Crippen molar-refractivity contribution in [3.63, 3.8) is 0 Å². The van der Waals surface area contributed by atoms with E-state index >= 15 is 0 Å². The molecule has 8 nitrogen and oxygen atoms in total. The molecule has 2 fully saturated rings. The minimum absolute atomic E-state index is 0.110. The highest BCUT2D eigenvalue weighted by Crippen LogP contribution is 2.34. The van der Waals surface area contributed by atoms with Gasteiger partial charge in [-0.2, -0.15) is 0 Å². The Balaban J connectivity index is 1.12. The third kappa shape index (κ3) is 8.38. The van der Waals surface area contributed by atoms with Gasteiger partial charge >= 0.3 is 5.97 Å². The number of nitrogens with zero attached hydrogens (tertiary/aromatic N) is 3. The van der Waals surface area contributed by atoms with Gasteiger partial charge in [0.05, 0.1) is 40.1 Å². The van der Waals surface area contributed by atoms with Crippen LogP contribution in [0.2, 0.25) is 10.0 Å². The van der Waals surface area contributed by atoms with Gasteiger partial charge < -0.3 is 15.2 Å². The number of nitrogens with one attached hydrogen (secondary N) is 1. The Morgan fingerprint density at radius 2 is 1.91 bits per heavy atom. The maximum absolute atomic E-state index is 13.2. The number of aromatic nitrogens is 1. The van der Waals surface area contributed by atoms with E-state index in [0.29, 0.717) is 57.0 Å². The lowest BCUT2D eigenvalue weighted by Gasteiger charge is -2.27. The van der Waals surface area contributed by atoms with Crippen LogP contribution in [0, 0.1) is 0 Å². The molecule has 2 aliphatic heterocycles. The Labute approximate surface area is 276 Å². The predicted molar refractivity (Wildman–Crippen MR) is 181 cm³/mol. The fourth-order valence-corrected chi connectivity index (χ4v) is 6.83. The van der Waals surface area contributed by atoms with Crippen LogP contribution in [0.1, 0.15) is 40.9 Å². The summed E-state index contributed by atoms with van der Waals surface area (Å²) < 4.78 is 5.99. The Kier molecular flexibility index (Phi) is 11.3. The van der Waals surface area contributed by atoms with Crippen LogP contribution in [0.25, 0.3) is 17.3 Å². The average molecular weight is 672 g/mol. The van der Waals surface area contributed by atoms with Gasteiger partial charge in [-0.15, -0.1) is 0 Å². The Bertz CT molecular complexity index is 1580. The summed E-state index contributed by atoms with van der Waals surface area (Å²) >= 11 is 19.2. The first kappa shape index (κ1) is 32.4. The van der Waals surface area contributed by atoms with E-state index in [4.69, 9.17) is 40.2 Å². The Hall–Kier alpha value is -2.99. The smallest absolute Gasteiger partial charge is 0.335 e. The zero-order valence-corrected chi connectivity index (χ0v) is 27.1. The van der Waals surface area contributed by atoms with Crippen molar-refractivity contribution < 1.29 is 19.4 Å². The number of hydrogen-bond donors (Lipinski definition) is 2. The van der Waals surface area contributed by atoms with E-state index < -0.39 is 5.97 Å². The van der Waals surface area contributed by atoms with Crippen molar-refractivity contribution in [1.29, 1.82) is 0 Å². The topological polar surface area (TPSA) is 95.0 Å². The third-order valence-corrected chi connectivity index (χ3v) is 9.28. The summed E-state index contributed by atoms with van der Waals surface area (Å²) in [6.07, 6.45) is 4.37. The lowest BCUT2D eigenvalue weighted by Crippen LogP contribution is -2.35. The van der Waals surface area contributed by atoms with Crippen LogP contribution >= 0.6 is 47.2 Å². The lowest BCUT2D eigenvalue weighted by atomic mass is 10.1. The highest BCUT2D eigenvalue weighted by molar-refractivity contribution is 8.26. The monoisotopic (exact) mass is 670 g/mol. The van der Waals surface area contributed by atoms with Crippen molar-refractivity contribution in [1.82, 2.24) is 14.8 Å². The number of benzene rings is 2. The summed E-state index contributed by atoms with van der Waals surface area (Å²) in [4.78, 5) is 33.9. The number of carboxylic acid groups (broad SMARTS) is 1. The molecule has 1 aromatic heterocycles. The molecule has 3 heterocycles. The molecule has 2 N–H and O–H groups in total. The number of amides is 1. The van der Waals surface area contributed by atoms with Gasteiger partial charge in [-0.1, -0.05) is 53.2 Å². The van der Waals surface area contributed by atoms with Gasteiger partial charge in [0.15, 0.2) is 0 Å². The van der Waals surface area contributed by atoms with Crippen LogP contribution in [0.5, 0.6) is 0 Å². The van der Waals surface area contributed by atoms with Crippen LogP contribution in [0.15, 0.2) is 59.5 Å². The summed E-state index contributed by atoms with van der Waals surface area (Å²) in [6, 6.07) is 16.1. The number of carbonyl (C=O) groups excluding carboxylic acids is 1. The first-order valence-electron chi connectivity index (χ1n) is 14.4. The maximum atomic E-state index is 13.2. The number of carbonyl (C=O) groups is 2. The molecule has 2 aromatic carbocycles. The molecule has 0 atom stereocenters. The SMILES string of the molecule is O=C(O)c1ccc(NCCCCCN2C(=O)C(=Cc3cccc(-c4ccc(Cl)cc4Cl)n3)SC2=S)c(CN2CCOCC2)c1.